The first-order valence-electron chi connectivity index (χ1n) is 7.28. The molecule has 1 rings (SSSR count). The fourth-order valence-electron chi connectivity index (χ4n) is 2.57. The molecule has 0 aromatic heterocycles. The number of aliphatic hydroxyl groups excluding tert-OH is 1. The molecule has 0 amide bonds. The van der Waals surface area contributed by atoms with Crippen LogP contribution in [-0.2, 0) is 4.74 Å². The van der Waals surface area contributed by atoms with Gasteiger partial charge in [-0.25, -0.2) is 0 Å². The lowest BCUT2D eigenvalue weighted by Crippen LogP contribution is -2.35. The lowest BCUT2D eigenvalue weighted by atomic mass is 10.1. The molecule has 0 spiro atoms. The van der Waals surface area contributed by atoms with Crippen LogP contribution in [0.5, 0.6) is 0 Å². The van der Waals surface area contributed by atoms with Gasteiger partial charge in [0.1, 0.15) is 0 Å². The molecule has 4 heteroatoms. The van der Waals surface area contributed by atoms with E-state index in [1.165, 1.54) is 32.4 Å². The van der Waals surface area contributed by atoms with Crippen LogP contribution in [-0.4, -0.2) is 61.5 Å². The molecule has 1 saturated heterocycles. The molecular weight excluding hydrogens is 228 g/mol. The van der Waals surface area contributed by atoms with Crippen LogP contribution >= 0.6 is 0 Å². The van der Waals surface area contributed by atoms with Crippen LogP contribution in [0.25, 0.3) is 0 Å². The van der Waals surface area contributed by atoms with Crippen LogP contribution < -0.4 is 5.32 Å². The fourth-order valence-corrected chi connectivity index (χ4v) is 2.57. The van der Waals surface area contributed by atoms with Gasteiger partial charge < -0.3 is 20.1 Å². The molecular formula is C14H30N2O2. The highest BCUT2D eigenvalue weighted by molar-refractivity contribution is 4.76. The minimum absolute atomic E-state index is 0.333. The second-order valence-corrected chi connectivity index (χ2v) is 5.61. The fraction of sp³-hybridized carbons (Fsp3) is 1.00. The molecule has 0 saturated carbocycles. The monoisotopic (exact) mass is 258 g/mol. The topological polar surface area (TPSA) is 44.7 Å². The number of aliphatic hydroxyl groups is 1. The Morgan fingerprint density at radius 3 is 2.78 bits per heavy atom. The van der Waals surface area contributed by atoms with Gasteiger partial charge in [0.15, 0.2) is 0 Å². The number of hydrogen-bond acceptors (Lipinski definition) is 4. The van der Waals surface area contributed by atoms with Crippen molar-refractivity contribution < 1.29 is 9.84 Å². The molecule has 18 heavy (non-hydrogen) atoms. The third-order valence-electron chi connectivity index (χ3n) is 3.76. The van der Waals surface area contributed by atoms with Gasteiger partial charge in [-0.3, -0.25) is 0 Å². The standard InChI is InChI=1S/C14H30N2O2/c1-12(2)16-9-4-5-13(7-10-16)15-8-6-14(17)11-18-3/h12-15,17H,4-11H2,1-3H3. The van der Waals surface area contributed by atoms with Crippen molar-refractivity contribution in [2.45, 2.75) is 57.7 Å². The minimum atomic E-state index is -0.333. The normalized spacial score (nSPS) is 24.2. The van der Waals surface area contributed by atoms with Crippen molar-refractivity contribution >= 4 is 0 Å². The van der Waals surface area contributed by atoms with E-state index in [1.807, 2.05) is 0 Å². The SMILES string of the molecule is COCC(O)CCNC1CCCN(C(C)C)CC1. The van der Waals surface area contributed by atoms with Crippen LogP contribution in [0.4, 0.5) is 0 Å². The molecule has 0 bridgehead atoms. The van der Waals surface area contributed by atoms with Crippen molar-refractivity contribution in [2.24, 2.45) is 0 Å². The highest BCUT2D eigenvalue weighted by Crippen LogP contribution is 2.13. The molecule has 2 unspecified atom stereocenters. The van der Waals surface area contributed by atoms with E-state index >= 15 is 0 Å². The predicted octanol–water partition coefficient (Wildman–Crippen LogP) is 1.24. The maximum Gasteiger partial charge on any atom is 0.0785 e. The van der Waals surface area contributed by atoms with Gasteiger partial charge in [-0.2, -0.15) is 0 Å². The van der Waals surface area contributed by atoms with Crippen molar-refractivity contribution in [1.82, 2.24) is 10.2 Å². The average molecular weight is 258 g/mol. The van der Waals surface area contributed by atoms with Gasteiger partial charge in [-0.1, -0.05) is 0 Å². The number of ether oxygens (including phenoxy) is 1. The zero-order valence-corrected chi connectivity index (χ0v) is 12.2. The van der Waals surface area contributed by atoms with Gasteiger partial charge in [0, 0.05) is 19.2 Å². The first kappa shape index (κ1) is 15.9. The molecule has 1 aliphatic heterocycles. The first-order chi connectivity index (χ1) is 8.63. The highest BCUT2D eigenvalue weighted by atomic mass is 16.5. The van der Waals surface area contributed by atoms with Crippen LogP contribution in [0.3, 0.4) is 0 Å². The lowest BCUT2D eigenvalue weighted by Gasteiger charge is -2.24. The van der Waals surface area contributed by atoms with E-state index in [0.29, 0.717) is 18.7 Å². The van der Waals surface area contributed by atoms with Gasteiger partial charge >= 0.3 is 0 Å². The van der Waals surface area contributed by atoms with Crippen LogP contribution in [0.15, 0.2) is 0 Å². The molecule has 0 aromatic carbocycles. The Morgan fingerprint density at radius 2 is 2.11 bits per heavy atom. The third kappa shape index (κ3) is 6.14. The Kier molecular flexibility index (Phi) is 7.82. The summed E-state index contributed by atoms with van der Waals surface area (Å²) in [6, 6.07) is 1.27. The number of rotatable bonds is 7. The van der Waals surface area contributed by atoms with E-state index < -0.39 is 0 Å². The Labute approximate surface area is 112 Å². The molecule has 1 aliphatic rings. The molecule has 1 heterocycles. The molecule has 0 aromatic rings. The van der Waals surface area contributed by atoms with E-state index in [9.17, 15) is 5.11 Å². The number of methoxy groups -OCH3 is 1. The molecule has 4 nitrogen and oxygen atoms in total. The summed E-state index contributed by atoms with van der Waals surface area (Å²) >= 11 is 0. The second-order valence-electron chi connectivity index (χ2n) is 5.61. The summed E-state index contributed by atoms with van der Waals surface area (Å²) in [4.78, 5) is 2.56. The second kappa shape index (κ2) is 8.86. The summed E-state index contributed by atoms with van der Waals surface area (Å²) in [7, 11) is 1.63. The summed E-state index contributed by atoms with van der Waals surface area (Å²) in [5.41, 5.74) is 0. The number of nitrogens with zero attached hydrogens (tertiary/aromatic N) is 1. The highest BCUT2D eigenvalue weighted by Gasteiger charge is 2.18. The molecule has 0 aliphatic carbocycles. The van der Waals surface area contributed by atoms with Crippen molar-refractivity contribution in [3.63, 3.8) is 0 Å². The molecule has 108 valence electrons. The Bertz CT molecular complexity index is 212. The third-order valence-corrected chi connectivity index (χ3v) is 3.76. The summed E-state index contributed by atoms with van der Waals surface area (Å²) in [5, 5.41) is 13.1. The Hall–Kier alpha value is -0.160. The van der Waals surface area contributed by atoms with Crippen LogP contribution in [0.1, 0.15) is 39.5 Å². The van der Waals surface area contributed by atoms with Crippen LogP contribution in [0, 0.1) is 0 Å². The van der Waals surface area contributed by atoms with Gasteiger partial charge in [0.25, 0.3) is 0 Å². The molecule has 0 radical (unpaired) electrons. The largest absolute Gasteiger partial charge is 0.391 e. The Balaban J connectivity index is 2.15. The maximum absolute atomic E-state index is 9.58. The van der Waals surface area contributed by atoms with Gasteiger partial charge in [-0.15, -0.1) is 0 Å². The van der Waals surface area contributed by atoms with E-state index in [0.717, 1.165) is 13.0 Å². The average Bonchev–Trinajstić information content (AvgIpc) is 2.55. The number of nitrogens with one attached hydrogen (secondary N) is 1. The molecule has 1 fully saturated rings. The summed E-state index contributed by atoms with van der Waals surface area (Å²) in [6.45, 7) is 8.28. The van der Waals surface area contributed by atoms with Crippen molar-refractivity contribution in [3.8, 4) is 0 Å². The minimum Gasteiger partial charge on any atom is -0.391 e. The van der Waals surface area contributed by atoms with Crippen molar-refractivity contribution in [2.75, 3.05) is 33.4 Å². The zero-order valence-electron chi connectivity index (χ0n) is 12.2. The van der Waals surface area contributed by atoms with Crippen LogP contribution in [0.2, 0.25) is 0 Å². The number of likely N-dealkylation sites (tertiary alicyclic amines) is 1. The summed E-state index contributed by atoms with van der Waals surface area (Å²) in [5.74, 6) is 0. The van der Waals surface area contributed by atoms with Crippen molar-refractivity contribution in [1.29, 1.82) is 0 Å². The van der Waals surface area contributed by atoms with E-state index in [-0.39, 0.29) is 6.10 Å². The lowest BCUT2D eigenvalue weighted by molar-refractivity contribution is 0.0589. The first-order valence-corrected chi connectivity index (χ1v) is 7.28. The summed E-state index contributed by atoms with van der Waals surface area (Å²) < 4.78 is 4.92. The van der Waals surface area contributed by atoms with E-state index in [1.54, 1.807) is 7.11 Å². The van der Waals surface area contributed by atoms with Gasteiger partial charge in [-0.05, 0) is 59.2 Å². The molecule has 2 N–H and O–H groups in total. The van der Waals surface area contributed by atoms with Gasteiger partial charge in [0.2, 0.25) is 0 Å². The summed E-state index contributed by atoms with van der Waals surface area (Å²) in [6.07, 6.45) is 4.19. The molecule has 2 atom stereocenters. The number of hydrogen-bond donors (Lipinski definition) is 2. The predicted molar refractivity (Wildman–Crippen MR) is 74.9 cm³/mol. The van der Waals surface area contributed by atoms with E-state index in [2.05, 4.69) is 24.1 Å². The van der Waals surface area contributed by atoms with Gasteiger partial charge in [0.05, 0.1) is 12.7 Å². The maximum atomic E-state index is 9.58. The van der Waals surface area contributed by atoms with E-state index in [4.69, 9.17) is 4.74 Å². The smallest absolute Gasteiger partial charge is 0.0785 e. The quantitative estimate of drug-likeness (QED) is 0.721. The van der Waals surface area contributed by atoms with Crippen molar-refractivity contribution in [3.05, 3.63) is 0 Å². The Morgan fingerprint density at radius 1 is 1.33 bits per heavy atom. The zero-order chi connectivity index (χ0) is 13.4.